The lowest BCUT2D eigenvalue weighted by molar-refractivity contribution is 0.223. The van der Waals surface area contributed by atoms with Crippen molar-refractivity contribution in [2.24, 2.45) is 13.0 Å². The van der Waals surface area contributed by atoms with E-state index >= 15 is 0 Å². The minimum Gasteiger partial charge on any atom is -0.464 e. The monoisotopic (exact) mass is 312 g/mol. The van der Waals surface area contributed by atoms with Crippen molar-refractivity contribution in [3.8, 4) is 0 Å². The zero-order chi connectivity index (χ0) is 16.0. The number of aromatic nitrogens is 1. The molecule has 0 spiro atoms. The first-order valence-corrected chi connectivity index (χ1v) is 8.58. The second-order valence-electron chi connectivity index (χ2n) is 7.24. The van der Waals surface area contributed by atoms with Crippen molar-refractivity contribution in [3.05, 3.63) is 57.9 Å². The van der Waals surface area contributed by atoms with Crippen molar-refractivity contribution in [2.75, 3.05) is 0 Å². The van der Waals surface area contributed by atoms with Gasteiger partial charge in [0, 0.05) is 37.8 Å². The van der Waals surface area contributed by atoms with Crippen LogP contribution in [0.4, 0.5) is 0 Å². The first kappa shape index (κ1) is 14.8. The second-order valence-corrected chi connectivity index (χ2v) is 7.24. The van der Waals surface area contributed by atoms with Gasteiger partial charge in [-0.25, -0.2) is 0 Å². The molecular formula is C19H24N2O2. The number of furan rings is 1. The lowest BCUT2D eigenvalue weighted by atomic mass is 10.2. The lowest BCUT2D eigenvalue weighted by Gasteiger charge is -2.21. The highest BCUT2D eigenvalue weighted by molar-refractivity contribution is 5.18. The number of pyridine rings is 1. The molecule has 4 rings (SSSR count). The van der Waals surface area contributed by atoms with Crippen LogP contribution in [-0.2, 0) is 20.1 Å². The standard InChI is InChI=1S/C19H24N2O2/c1-13-9-17(13)18-6-5-16(23-18)12-21(15-3-4-15)11-14-7-8-20(2)19(22)10-14/h5-8,10,13,15,17H,3-4,9,11-12H2,1-2H3/t13-,17-/m1/s1. The average Bonchev–Trinajstić information content (AvgIpc) is 3.44. The largest absolute Gasteiger partial charge is 0.464 e. The predicted octanol–water partition coefficient (Wildman–Crippen LogP) is 3.27. The molecule has 0 amide bonds. The molecule has 2 heterocycles. The van der Waals surface area contributed by atoms with Crippen LogP contribution in [0.3, 0.4) is 0 Å². The van der Waals surface area contributed by atoms with Gasteiger partial charge >= 0.3 is 0 Å². The average molecular weight is 312 g/mol. The van der Waals surface area contributed by atoms with E-state index < -0.39 is 0 Å². The van der Waals surface area contributed by atoms with Crippen molar-refractivity contribution in [1.82, 2.24) is 9.47 Å². The molecule has 0 radical (unpaired) electrons. The van der Waals surface area contributed by atoms with Crippen LogP contribution >= 0.6 is 0 Å². The third kappa shape index (κ3) is 3.27. The molecule has 4 nitrogen and oxygen atoms in total. The highest BCUT2D eigenvalue weighted by Gasteiger charge is 2.37. The number of hydrogen-bond acceptors (Lipinski definition) is 3. The molecule has 2 fully saturated rings. The number of rotatable bonds is 6. The lowest BCUT2D eigenvalue weighted by Crippen LogP contribution is -2.26. The Labute approximate surface area is 136 Å². The first-order chi connectivity index (χ1) is 11.1. The Morgan fingerprint density at radius 3 is 2.70 bits per heavy atom. The normalized spacial score (nSPS) is 23.4. The van der Waals surface area contributed by atoms with Crippen molar-refractivity contribution in [2.45, 2.75) is 51.2 Å². The summed E-state index contributed by atoms with van der Waals surface area (Å²) in [6, 6.07) is 8.69. The van der Waals surface area contributed by atoms with Gasteiger partial charge in [0.1, 0.15) is 11.5 Å². The Balaban J connectivity index is 1.46. The zero-order valence-corrected chi connectivity index (χ0v) is 13.9. The van der Waals surface area contributed by atoms with Gasteiger partial charge in [-0.15, -0.1) is 0 Å². The molecule has 23 heavy (non-hydrogen) atoms. The molecule has 2 atom stereocenters. The van der Waals surface area contributed by atoms with Crippen LogP contribution in [0.15, 0.2) is 39.7 Å². The van der Waals surface area contributed by atoms with E-state index in [4.69, 9.17) is 4.42 Å². The van der Waals surface area contributed by atoms with Gasteiger partial charge in [0.15, 0.2) is 0 Å². The zero-order valence-electron chi connectivity index (χ0n) is 13.9. The van der Waals surface area contributed by atoms with Crippen LogP contribution in [0.25, 0.3) is 0 Å². The van der Waals surface area contributed by atoms with E-state index in [2.05, 4.69) is 24.0 Å². The molecule has 0 saturated heterocycles. The van der Waals surface area contributed by atoms with Gasteiger partial charge in [0.2, 0.25) is 0 Å². The van der Waals surface area contributed by atoms with Crippen molar-refractivity contribution in [3.63, 3.8) is 0 Å². The molecule has 4 heteroatoms. The highest BCUT2D eigenvalue weighted by atomic mass is 16.3. The van der Waals surface area contributed by atoms with Crippen LogP contribution < -0.4 is 5.56 Å². The van der Waals surface area contributed by atoms with Crippen LogP contribution in [0.5, 0.6) is 0 Å². The number of nitrogens with zero attached hydrogens (tertiary/aromatic N) is 2. The third-order valence-electron chi connectivity index (χ3n) is 5.13. The molecule has 2 saturated carbocycles. The summed E-state index contributed by atoms with van der Waals surface area (Å²) >= 11 is 0. The molecule has 122 valence electrons. The summed E-state index contributed by atoms with van der Waals surface area (Å²) in [6.07, 6.45) is 5.60. The summed E-state index contributed by atoms with van der Waals surface area (Å²) in [5, 5.41) is 0. The summed E-state index contributed by atoms with van der Waals surface area (Å²) in [4.78, 5) is 14.2. The molecular weight excluding hydrogens is 288 g/mol. The van der Waals surface area contributed by atoms with Crippen LogP contribution in [0.2, 0.25) is 0 Å². The Hall–Kier alpha value is -1.81. The van der Waals surface area contributed by atoms with Crippen molar-refractivity contribution >= 4 is 0 Å². The Morgan fingerprint density at radius 2 is 2.04 bits per heavy atom. The van der Waals surface area contributed by atoms with Gasteiger partial charge in [-0.3, -0.25) is 9.69 Å². The molecule has 2 aromatic rings. The topological polar surface area (TPSA) is 38.4 Å². The molecule has 2 aliphatic rings. The first-order valence-electron chi connectivity index (χ1n) is 8.58. The van der Waals surface area contributed by atoms with Crippen LogP contribution in [0, 0.1) is 5.92 Å². The smallest absolute Gasteiger partial charge is 0.250 e. The highest BCUT2D eigenvalue weighted by Crippen LogP contribution is 2.47. The Kier molecular flexibility index (Phi) is 3.64. The minimum atomic E-state index is 0.0567. The fourth-order valence-electron chi connectivity index (χ4n) is 3.27. The Bertz CT molecular complexity index is 757. The molecule has 2 aromatic heterocycles. The van der Waals surface area contributed by atoms with E-state index in [-0.39, 0.29) is 5.56 Å². The van der Waals surface area contributed by atoms with Gasteiger partial charge in [-0.1, -0.05) is 6.92 Å². The van der Waals surface area contributed by atoms with E-state index in [9.17, 15) is 4.79 Å². The third-order valence-corrected chi connectivity index (χ3v) is 5.13. The summed E-state index contributed by atoms with van der Waals surface area (Å²) in [7, 11) is 1.79. The maximum atomic E-state index is 11.8. The van der Waals surface area contributed by atoms with Crippen LogP contribution in [0.1, 0.15) is 49.2 Å². The molecule has 0 N–H and O–H groups in total. The van der Waals surface area contributed by atoms with E-state index in [1.807, 2.05) is 12.3 Å². The number of hydrogen-bond donors (Lipinski definition) is 0. The van der Waals surface area contributed by atoms with Crippen LogP contribution in [-0.4, -0.2) is 15.5 Å². The van der Waals surface area contributed by atoms with E-state index in [0.717, 1.165) is 36.1 Å². The van der Waals surface area contributed by atoms with E-state index in [1.54, 1.807) is 17.7 Å². The molecule has 0 bridgehead atoms. The van der Waals surface area contributed by atoms with Crippen molar-refractivity contribution < 1.29 is 4.42 Å². The van der Waals surface area contributed by atoms with Gasteiger partial charge in [-0.2, -0.15) is 0 Å². The maximum Gasteiger partial charge on any atom is 0.250 e. The van der Waals surface area contributed by atoms with E-state index in [0.29, 0.717) is 12.0 Å². The fourth-order valence-corrected chi connectivity index (χ4v) is 3.27. The van der Waals surface area contributed by atoms with Gasteiger partial charge < -0.3 is 8.98 Å². The minimum absolute atomic E-state index is 0.0567. The van der Waals surface area contributed by atoms with E-state index in [1.165, 1.54) is 19.3 Å². The van der Waals surface area contributed by atoms with Gasteiger partial charge in [0.05, 0.1) is 6.54 Å². The SMILES string of the molecule is C[C@@H]1C[C@H]1c1ccc(CN(Cc2ccn(C)c(=O)c2)C2CC2)o1. The maximum absolute atomic E-state index is 11.8. The van der Waals surface area contributed by atoms with Crippen molar-refractivity contribution in [1.29, 1.82) is 0 Å². The Morgan fingerprint density at radius 1 is 1.26 bits per heavy atom. The molecule has 0 aliphatic heterocycles. The quantitative estimate of drug-likeness (QED) is 0.822. The summed E-state index contributed by atoms with van der Waals surface area (Å²) in [5.41, 5.74) is 1.14. The summed E-state index contributed by atoms with van der Waals surface area (Å²) in [5.74, 6) is 3.61. The number of aryl methyl sites for hydroxylation is 1. The summed E-state index contributed by atoms with van der Waals surface area (Å²) in [6.45, 7) is 3.93. The van der Waals surface area contributed by atoms with Gasteiger partial charge in [-0.05, 0) is 48.9 Å². The summed E-state index contributed by atoms with van der Waals surface area (Å²) < 4.78 is 7.67. The molecule has 0 unspecified atom stereocenters. The molecule has 2 aliphatic carbocycles. The fraction of sp³-hybridized carbons (Fsp3) is 0.526. The molecule has 0 aromatic carbocycles. The van der Waals surface area contributed by atoms with Gasteiger partial charge in [0.25, 0.3) is 5.56 Å². The second kappa shape index (κ2) is 5.68. The predicted molar refractivity (Wildman–Crippen MR) is 89.2 cm³/mol.